The Labute approximate surface area is 173 Å². The van der Waals surface area contributed by atoms with Crippen molar-refractivity contribution in [2.45, 2.75) is 25.9 Å². The van der Waals surface area contributed by atoms with Gasteiger partial charge in [-0.2, -0.15) is 17.5 Å². The number of nitrogens with zero attached hydrogens (tertiary/aromatic N) is 1. The second-order valence-electron chi connectivity index (χ2n) is 6.83. The van der Waals surface area contributed by atoms with E-state index in [1.165, 1.54) is 12.1 Å². The standard InChI is InChI=1S/C21H21F3N2O3S/c1-2-26(14-20(27)25-19-10-6-5-9-18(19)21(22,23)24)30(28,29)17-12-11-15-7-3-4-8-16(15)13-17/h3-10,13H,2,11-12,14H2,1H3,(H,25,27). The number of likely N-dealkylation sites (N-methyl/N-ethyl adjacent to an activating group) is 1. The van der Waals surface area contributed by atoms with E-state index in [0.29, 0.717) is 12.8 Å². The van der Waals surface area contributed by atoms with E-state index in [0.717, 1.165) is 27.6 Å². The van der Waals surface area contributed by atoms with Gasteiger partial charge in [0.05, 0.1) is 22.7 Å². The molecule has 0 heterocycles. The number of sulfonamides is 1. The number of anilines is 1. The molecule has 0 saturated carbocycles. The van der Waals surface area contributed by atoms with Gasteiger partial charge in [0.15, 0.2) is 0 Å². The molecule has 30 heavy (non-hydrogen) atoms. The normalized spacial score (nSPS) is 14.2. The van der Waals surface area contributed by atoms with Crippen molar-refractivity contribution in [1.82, 2.24) is 4.31 Å². The summed E-state index contributed by atoms with van der Waals surface area (Å²) in [5.41, 5.74) is 0.452. The predicted octanol–water partition coefficient (Wildman–Crippen LogP) is 4.28. The number of fused-ring (bicyclic) bond motifs is 1. The first-order valence-corrected chi connectivity index (χ1v) is 10.8. The number of alkyl halides is 3. The average Bonchev–Trinajstić information content (AvgIpc) is 2.71. The van der Waals surface area contributed by atoms with Crippen LogP contribution in [0.3, 0.4) is 0 Å². The molecule has 160 valence electrons. The molecule has 0 saturated heterocycles. The van der Waals surface area contributed by atoms with E-state index in [4.69, 9.17) is 0 Å². The molecule has 0 radical (unpaired) electrons. The van der Waals surface area contributed by atoms with E-state index < -0.39 is 39.9 Å². The number of para-hydroxylation sites is 1. The van der Waals surface area contributed by atoms with Crippen LogP contribution in [0.2, 0.25) is 0 Å². The van der Waals surface area contributed by atoms with Crippen molar-refractivity contribution < 1.29 is 26.4 Å². The lowest BCUT2D eigenvalue weighted by molar-refractivity contribution is -0.137. The first-order chi connectivity index (χ1) is 14.1. The lowest BCUT2D eigenvalue weighted by atomic mass is 9.98. The van der Waals surface area contributed by atoms with Gasteiger partial charge in [0.25, 0.3) is 0 Å². The number of carbonyl (C=O) groups excluding carboxylic acids is 1. The van der Waals surface area contributed by atoms with Gasteiger partial charge in [0.1, 0.15) is 0 Å². The fourth-order valence-electron chi connectivity index (χ4n) is 3.33. The summed E-state index contributed by atoms with van der Waals surface area (Å²) in [6.07, 6.45) is -2.19. The van der Waals surface area contributed by atoms with Crippen LogP contribution >= 0.6 is 0 Å². The maximum atomic E-state index is 13.1. The van der Waals surface area contributed by atoms with Gasteiger partial charge in [0, 0.05) is 6.54 Å². The fraction of sp³-hybridized carbons (Fsp3) is 0.286. The highest BCUT2D eigenvalue weighted by Gasteiger charge is 2.34. The largest absolute Gasteiger partial charge is 0.418 e. The second-order valence-corrected chi connectivity index (χ2v) is 8.82. The molecular weight excluding hydrogens is 417 g/mol. The maximum Gasteiger partial charge on any atom is 0.418 e. The molecule has 5 nitrogen and oxygen atoms in total. The van der Waals surface area contributed by atoms with Crippen LogP contribution in [0, 0.1) is 0 Å². The van der Waals surface area contributed by atoms with E-state index in [1.54, 1.807) is 13.0 Å². The number of rotatable bonds is 6. The Bertz CT molecular complexity index is 1080. The summed E-state index contributed by atoms with van der Waals surface area (Å²) in [5, 5.41) is 2.19. The third-order valence-corrected chi connectivity index (χ3v) is 6.91. The minimum absolute atomic E-state index is 0.00958. The number of aryl methyl sites for hydroxylation is 1. The molecule has 9 heteroatoms. The Kier molecular flexibility index (Phi) is 6.33. The summed E-state index contributed by atoms with van der Waals surface area (Å²) < 4.78 is 66.4. The Morgan fingerprint density at radius 1 is 1.07 bits per heavy atom. The SMILES string of the molecule is CCN(CC(=O)Nc1ccccc1C(F)(F)F)S(=O)(=O)C1=Cc2ccccc2CC1. The first-order valence-electron chi connectivity index (χ1n) is 9.37. The first kappa shape index (κ1) is 22.0. The topological polar surface area (TPSA) is 66.5 Å². The average molecular weight is 438 g/mol. The van der Waals surface area contributed by atoms with Crippen molar-refractivity contribution in [3.63, 3.8) is 0 Å². The fourth-order valence-corrected chi connectivity index (χ4v) is 4.93. The number of hydrogen-bond acceptors (Lipinski definition) is 3. The van der Waals surface area contributed by atoms with Crippen LogP contribution in [0.1, 0.15) is 30.0 Å². The molecule has 0 fully saturated rings. The van der Waals surface area contributed by atoms with Crippen LogP contribution in [-0.4, -0.2) is 31.7 Å². The van der Waals surface area contributed by atoms with Gasteiger partial charge in [-0.15, -0.1) is 0 Å². The van der Waals surface area contributed by atoms with Gasteiger partial charge in [-0.1, -0.05) is 43.3 Å². The zero-order chi connectivity index (χ0) is 21.9. The van der Waals surface area contributed by atoms with Crippen LogP contribution in [0.5, 0.6) is 0 Å². The molecule has 0 aromatic heterocycles. The van der Waals surface area contributed by atoms with Crippen molar-refractivity contribution in [3.05, 3.63) is 70.1 Å². The molecular formula is C21H21F3N2O3S. The van der Waals surface area contributed by atoms with Crippen LogP contribution in [0.25, 0.3) is 6.08 Å². The van der Waals surface area contributed by atoms with E-state index in [-0.39, 0.29) is 11.4 Å². The number of nitrogens with one attached hydrogen (secondary N) is 1. The third kappa shape index (κ3) is 4.73. The number of halogens is 3. The van der Waals surface area contributed by atoms with Gasteiger partial charge in [0.2, 0.25) is 15.9 Å². The van der Waals surface area contributed by atoms with Gasteiger partial charge in [-0.3, -0.25) is 4.79 Å². The van der Waals surface area contributed by atoms with E-state index in [9.17, 15) is 26.4 Å². The minimum atomic E-state index is -4.64. The Morgan fingerprint density at radius 2 is 1.73 bits per heavy atom. The summed E-state index contributed by atoms with van der Waals surface area (Å²) in [7, 11) is -3.93. The molecule has 0 aliphatic heterocycles. The smallest absolute Gasteiger partial charge is 0.324 e. The zero-order valence-electron chi connectivity index (χ0n) is 16.2. The van der Waals surface area contributed by atoms with E-state index in [2.05, 4.69) is 5.32 Å². The quantitative estimate of drug-likeness (QED) is 0.732. The van der Waals surface area contributed by atoms with Crippen molar-refractivity contribution in [1.29, 1.82) is 0 Å². The lowest BCUT2D eigenvalue weighted by Gasteiger charge is -2.24. The Hall–Kier alpha value is -2.65. The summed E-state index contributed by atoms with van der Waals surface area (Å²) in [6, 6.07) is 12.0. The molecule has 3 rings (SSSR count). The molecule has 2 aromatic carbocycles. The molecule has 0 atom stereocenters. The summed E-state index contributed by atoms with van der Waals surface area (Å²) >= 11 is 0. The molecule has 0 spiro atoms. The number of amides is 1. The van der Waals surface area contributed by atoms with Crippen molar-refractivity contribution in [2.75, 3.05) is 18.4 Å². The monoisotopic (exact) mass is 438 g/mol. The van der Waals surface area contributed by atoms with Gasteiger partial charge < -0.3 is 5.32 Å². The van der Waals surface area contributed by atoms with Gasteiger partial charge >= 0.3 is 6.18 Å². The van der Waals surface area contributed by atoms with E-state index in [1.807, 2.05) is 24.3 Å². The molecule has 1 aliphatic rings. The third-order valence-electron chi connectivity index (χ3n) is 4.86. The molecule has 1 N–H and O–H groups in total. The molecule has 1 amide bonds. The van der Waals surface area contributed by atoms with Gasteiger partial charge in [-0.05, 0) is 42.2 Å². The summed E-state index contributed by atoms with van der Waals surface area (Å²) in [5.74, 6) is -0.839. The number of allylic oxidation sites excluding steroid dienone is 1. The van der Waals surface area contributed by atoms with Crippen LogP contribution in [0.4, 0.5) is 18.9 Å². The Morgan fingerprint density at radius 3 is 2.43 bits per heavy atom. The van der Waals surface area contributed by atoms with Crippen molar-refractivity contribution >= 4 is 27.7 Å². The highest BCUT2D eigenvalue weighted by atomic mass is 32.2. The molecule has 1 aliphatic carbocycles. The number of hydrogen-bond donors (Lipinski definition) is 1. The number of benzene rings is 2. The van der Waals surface area contributed by atoms with Crippen LogP contribution in [-0.2, 0) is 27.4 Å². The Balaban J connectivity index is 1.79. The predicted molar refractivity (Wildman–Crippen MR) is 109 cm³/mol. The summed E-state index contributed by atoms with van der Waals surface area (Å²) in [4.78, 5) is 12.6. The minimum Gasteiger partial charge on any atom is -0.324 e. The van der Waals surface area contributed by atoms with E-state index >= 15 is 0 Å². The zero-order valence-corrected chi connectivity index (χ0v) is 17.1. The highest BCUT2D eigenvalue weighted by Crippen LogP contribution is 2.34. The molecule has 0 unspecified atom stereocenters. The highest BCUT2D eigenvalue weighted by molar-refractivity contribution is 7.93. The summed E-state index contributed by atoms with van der Waals surface area (Å²) in [6.45, 7) is 1.01. The lowest BCUT2D eigenvalue weighted by Crippen LogP contribution is -2.39. The van der Waals surface area contributed by atoms with Crippen molar-refractivity contribution in [2.24, 2.45) is 0 Å². The second kappa shape index (κ2) is 8.61. The van der Waals surface area contributed by atoms with Crippen LogP contribution in [0.15, 0.2) is 53.4 Å². The number of carbonyl (C=O) groups is 1. The van der Waals surface area contributed by atoms with Crippen molar-refractivity contribution in [3.8, 4) is 0 Å². The molecule has 0 bridgehead atoms. The van der Waals surface area contributed by atoms with Gasteiger partial charge in [-0.25, -0.2) is 8.42 Å². The molecule has 2 aromatic rings. The van der Waals surface area contributed by atoms with Crippen LogP contribution < -0.4 is 5.32 Å². The maximum absolute atomic E-state index is 13.1.